The Morgan fingerprint density at radius 2 is 1.81 bits per heavy atom. The normalized spacial score (nSPS) is 11.2. The molecule has 0 saturated carbocycles. The number of sulfone groups is 1. The first-order valence-electron chi connectivity index (χ1n) is 8.91. The van der Waals surface area contributed by atoms with Gasteiger partial charge >= 0.3 is 5.97 Å². The summed E-state index contributed by atoms with van der Waals surface area (Å²) in [4.78, 5) is 37.4. The molecule has 164 valence electrons. The SMILES string of the molecule is O=C(COC(=O)/C=C/c1ccccc1)Nc1ncc(S(=O)(=O)c2ccc([N+](=O)[O-])cc2)s1. The fourth-order valence-electron chi connectivity index (χ4n) is 2.37. The summed E-state index contributed by atoms with van der Waals surface area (Å²) in [5.41, 5.74) is 0.549. The molecule has 1 aromatic heterocycles. The van der Waals surface area contributed by atoms with E-state index in [2.05, 4.69) is 10.3 Å². The van der Waals surface area contributed by atoms with E-state index in [0.29, 0.717) is 11.3 Å². The van der Waals surface area contributed by atoms with Crippen molar-refractivity contribution in [3.8, 4) is 0 Å². The van der Waals surface area contributed by atoms with E-state index in [0.717, 1.165) is 36.0 Å². The van der Waals surface area contributed by atoms with E-state index >= 15 is 0 Å². The van der Waals surface area contributed by atoms with Crippen molar-refractivity contribution in [3.63, 3.8) is 0 Å². The van der Waals surface area contributed by atoms with Gasteiger partial charge in [-0.3, -0.25) is 20.2 Å². The van der Waals surface area contributed by atoms with Gasteiger partial charge < -0.3 is 4.74 Å². The number of nitrogens with zero attached hydrogens (tertiary/aromatic N) is 2. The van der Waals surface area contributed by atoms with Gasteiger partial charge in [0.2, 0.25) is 9.84 Å². The highest BCUT2D eigenvalue weighted by Crippen LogP contribution is 2.29. The van der Waals surface area contributed by atoms with Crippen LogP contribution < -0.4 is 5.32 Å². The summed E-state index contributed by atoms with van der Waals surface area (Å²) < 4.78 is 29.9. The molecule has 0 aliphatic carbocycles. The van der Waals surface area contributed by atoms with Crippen LogP contribution in [0.2, 0.25) is 0 Å². The van der Waals surface area contributed by atoms with Gasteiger partial charge in [0.1, 0.15) is 4.21 Å². The van der Waals surface area contributed by atoms with Gasteiger partial charge in [-0.15, -0.1) is 0 Å². The van der Waals surface area contributed by atoms with Crippen LogP contribution in [0.5, 0.6) is 0 Å². The summed E-state index contributed by atoms with van der Waals surface area (Å²) in [7, 11) is -3.97. The lowest BCUT2D eigenvalue weighted by Crippen LogP contribution is -2.19. The van der Waals surface area contributed by atoms with E-state index in [1.165, 1.54) is 12.2 Å². The highest BCUT2D eigenvalue weighted by molar-refractivity contribution is 7.93. The topological polar surface area (TPSA) is 146 Å². The Bertz CT molecular complexity index is 1270. The largest absolute Gasteiger partial charge is 0.452 e. The number of esters is 1. The summed E-state index contributed by atoms with van der Waals surface area (Å²) in [6, 6.07) is 13.4. The summed E-state index contributed by atoms with van der Waals surface area (Å²) in [5, 5.41) is 13.1. The number of thiazole rings is 1. The minimum absolute atomic E-state index is 0.00800. The number of hydrogen-bond donors (Lipinski definition) is 1. The van der Waals surface area contributed by atoms with Gasteiger partial charge in [-0.1, -0.05) is 41.7 Å². The van der Waals surface area contributed by atoms with E-state index in [1.54, 1.807) is 12.1 Å². The second-order valence-electron chi connectivity index (χ2n) is 6.14. The maximum atomic E-state index is 12.6. The van der Waals surface area contributed by atoms with Crippen LogP contribution in [0, 0.1) is 10.1 Å². The molecule has 0 unspecified atom stereocenters. The van der Waals surface area contributed by atoms with Crippen molar-refractivity contribution in [2.24, 2.45) is 0 Å². The minimum Gasteiger partial charge on any atom is -0.452 e. The quantitative estimate of drug-likeness (QED) is 0.227. The van der Waals surface area contributed by atoms with Gasteiger partial charge in [0, 0.05) is 18.2 Å². The number of non-ortho nitro benzene ring substituents is 1. The van der Waals surface area contributed by atoms with E-state index < -0.39 is 33.2 Å². The number of benzene rings is 2. The standard InChI is InChI=1S/C20H15N3O7S2/c24-17(13-30-18(25)11-6-14-4-2-1-3-5-14)22-20-21-12-19(31-20)32(28,29)16-9-7-15(8-10-16)23(26)27/h1-12H,13H2,(H,21,22,24)/b11-6+. The number of amides is 1. The number of nitro benzene ring substituents is 1. The second-order valence-corrected chi connectivity index (χ2v) is 9.35. The molecule has 3 aromatic rings. The van der Waals surface area contributed by atoms with E-state index in [9.17, 15) is 28.1 Å². The fraction of sp³-hybridized carbons (Fsp3) is 0.0500. The molecule has 0 fully saturated rings. The number of anilines is 1. The lowest BCUT2D eigenvalue weighted by Gasteiger charge is -2.02. The van der Waals surface area contributed by atoms with Crippen molar-refractivity contribution >= 4 is 49.9 Å². The molecule has 0 aliphatic rings. The van der Waals surface area contributed by atoms with Gasteiger partial charge in [-0.05, 0) is 23.8 Å². The van der Waals surface area contributed by atoms with Crippen molar-refractivity contribution in [2.75, 3.05) is 11.9 Å². The maximum absolute atomic E-state index is 12.6. The fourth-order valence-corrected chi connectivity index (χ4v) is 4.82. The summed E-state index contributed by atoms with van der Waals surface area (Å²) in [5.74, 6) is -1.41. The Hall–Kier alpha value is -3.90. The maximum Gasteiger partial charge on any atom is 0.331 e. The summed E-state index contributed by atoms with van der Waals surface area (Å²) in [6.45, 7) is -0.581. The van der Waals surface area contributed by atoms with E-state index in [4.69, 9.17) is 4.74 Å². The molecular weight excluding hydrogens is 458 g/mol. The number of aromatic nitrogens is 1. The average molecular weight is 473 g/mol. The Labute approximate surface area is 186 Å². The zero-order valence-electron chi connectivity index (χ0n) is 16.2. The molecule has 1 heterocycles. The van der Waals surface area contributed by atoms with Crippen LogP contribution in [0.1, 0.15) is 5.56 Å². The van der Waals surface area contributed by atoms with Gasteiger partial charge in [-0.25, -0.2) is 18.2 Å². The number of ether oxygens (including phenoxy) is 1. The minimum atomic E-state index is -3.97. The molecule has 0 saturated heterocycles. The summed E-state index contributed by atoms with van der Waals surface area (Å²) in [6.07, 6.45) is 3.78. The molecule has 0 aliphatic heterocycles. The Balaban J connectivity index is 1.57. The van der Waals surface area contributed by atoms with Crippen LogP contribution in [0.3, 0.4) is 0 Å². The van der Waals surface area contributed by atoms with Gasteiger partial charge in [-0.2, -0.15) is 0 Å². The molecule has 10 nitrogen and oxygen atoms in total. The Morgan fingerprint density at radius 1 is 1.12 bits per heavy atom. The first kappa shape index (κ1) is 22.8. The van der Waals surface area contributed by atoms with E-state index in [1.807, 2.05) is 18.2 Å². The molecule has 3 rings (SSSR count). The number of nitrogens with one attached hydrogen (secondary N) is 1. The van der Waals surface area contributed by atoms with Crippen molar-refractivity contribution in [3.05, 3.63) is 82.5 Å². The number of hydrogen-bond acceptors (Lipinski definition) is 9. The predicted molar refractivity (Wildman–Crippen MR) is 116 cm³/mol. The second kappa shape index (κ2) is 9.94. The first-order chi connectivity index (χ1) is 15.3. The van der Waals surface area contributed by atoms with Gasteiger partial charge in [0.05, 0.1) is 16.0 Å². The number of carbonyl (C=O) groups is 2. The van der Waals surface area contributed by atoms with E-state index in [-0.39, 0.29) is 19.9 Å². The smallest absolute Gasteiger partial charge is 0.331 e. The molecule has 0 radical (unpaired) electrons. The van der Waals surface area contributed by atoms with Crippen LogP contribution in [0.25, 0.3) is 6.08 Å². The van der Waals surface area contributed by atoms with Crippen LogP contribution in [0.15, 0.2) is 76.0 Å². The zero-order chi connectivity index (χ0) is 23.1. The molecule has 0 bridgehead atoms. The van der Waals surface area contributed by atoms with Crippen molar-refractivity contribution in [1.29, 1.82) is 0 Å². The lowest BCUT2D eigenvalue weighted by atomic mass is 10.2. The third-order valence-corrected chi connectivity index (χ3v) is 7.05. The number of rotatable bonds is 8. The molecular formula is C20H15N3O7S2. The predicted octanol–water partition coefficient (Wildman–Crippen LogP) is 3.08. The molecule has 1 amide bonds. The molecule has 32 heavy (non-hydrogen) atoms. The lowest BCUT2D eigenvalue weighted by molar-refractivity contribution is -0.384. The summed E-state index contributed by atoms with van der Waals surface area (Å²) >= 11 is 0.696. The molecule has 0 atom stereocenters. The number of carbonyl (C=O) groups excluding carboxylic acids is 2. The van der Waals surface area contributed by atoms with Crippen molar-refractivity contribution in [1.82, 2.24) is 4.98 Å². The molecule has 1 N–H and O–H groups in total. The molecule has 12 heteroatoms. The number of nitro groups is 1. The van der Waals surface area contributed by atoms with Crippen LogP contribution in [0.4, 0.5) is 10.8 Å². The van der Waals surface area contributed by atoms with Crippen LogP contribution in [-0.2, 0) is 24.2 Å². The Morgan fingerprint density at radius 3 is 2.47 bits per heavy atom. The van der Waals surface area contributed by atoms with Gasteiger partial charge in [0.25, 0.3) is 11.6 Å². The van der Waals surface area contributed by atoms with Gasteiger partial charge in [0.15, 0.2) is 11.7 Å². The first-order valence-corrected chi connectivity index (χ1v) is 11.2. The van der Waals surface area contributed by atoms with Crippen molar-refractivity contribution < 1.29 is 27.7 Å². The van der Waals surface area contributed by atoms with Crippen LogP contribution >= 0.6 is 11.3 Å². The monoisotopic (exact) mass is 473 g/mol. The zero-order valence-corrected chi connectivity index (χ0v) is 17.8. The van der Waals surface area contributed by atoms with Crippen LogP contribution in [-0.4, -0.2) is 36.8 Å². The third kappa shape index (κ3) is 5.83. The Kier molecular flexibility index (Phi) is 7.07. The third-order valence-electron chi connectivity index (χ3n) is 3.91. The molecule has 0 spiro atoms. The highest BCUT2D eigenvalue weighted by Gasteiger charge is 2.22. The molecule has 2 aromatic carbocycles. The van der Waals surface area contributed by atoms with Crippen molar-refractivity contribution in [2.45, 2.75) is 9.10 Å². The highest BCUT2D eigenvalue weighted by atomic mass is 32.2. The average Bonchev–Trinajstić information content (AvgIpc) is 3.26.